The average molecular weight is 429 g/mol. The number of hydrogen-bond donors (Lipinski definition) is 0. The van der Waals surface area contributed by atoms with E-state index in [1.165, 1.54) is 11.9 Å². The lowest BCUT2D eigenvalue weighted by molar-refractivity contribution is 0.382. The van der Waals surface area contributed by atoms with Crippen molar-refractivity contribution in [2.45, 2.75) is 33.1 Å². The number of anilines is 1. The molecule has 1 aliphatic heterocycles. The Bertz CT molecular complexity index is 1110. The fourth-order valence-corrected chi connectivity index (χ4v) is 5.57. The highest BCUT2D eigenvalue weighted by Gasteiger charge is 2.29. The predicted octanol–water partition coefficient (Wildman–Crippen LogP) is 2.28. The van der Waals surface area contributed by atoms with Crippen molar-refractivity contribution in [1.82, 2.24) is 23.9 Å². The van der Waals surface area contributed by atoms with Crippen LogP contribution < -0.4 is 4.90 Å². The molecule has 2 aromatic heterocycles. The predicted molar refractivity (Wildman–Crippen MR) is 117 cm³/mol. The molecular weight excluding hydrogens is 400 g/mol. The average Bonchev–Trinajstić information content (AvgIpc) is 3.21. The summed E-state index contributed by atoms with van der Waals surface area (Å²) in [6.45, 7) is 6.21. The van der Waals surface area contributed by atoms with Gasteiger partial charge in [-0.15, -0.1) is 0 Å². The number of rotatable bonds is 7. The molecule has 0 radical (unpaired) electrons. The molecule has 0 N–H and O–H groups in total. The van der Waals surface area contributed by atoms with Gasteiger partial charge in [0.1, 0.15) is 12.1 Å². The zero-order valence-electron chi connectivity index (χ0n) is 17.5. The zero-order valence-corrected chi connectivity index (χ0v) is 18.3. The minimum absolute atomic E-state index is 0.227. The molecule has 0 saturated carbocycles. The highest BCUT2D eigenvalue weighted by Crippen LogP contribution is 2.27. The molecule has 160 valence electrons. The molecule has 3 aromatic rings. The van der Waals surface area contributed by atoms with Crippen LogP contribution in [0, 0.1) is 6.92 Å². The summed E-state index contributed by atoms with van der Waals surface area (Å²) in [5.74, 6) is 1.76. The first-order valence-electron chi connectivity index (χ1n) is 10.5. The van der Waals surface area contributed by atoms with Crippen LogP contribution in [0.4, 0.5) is 5.82 Å². The monoisotopic (exact) mass is 428 g/mol. The van der Waals surface area contributed by atoms with Crippen LogP contribution in [0.5, 0.6) is 0 Å². The van der Waals surface area contributed by atoms with Gasteiger partial charge in [-0.05, 0) is 18.9 Å². The first kappa shape index (κ1) is 20.7. The molecule has 30 heavy (non-hydrogen) atoms. The quantitative estimate of drug-likeness (QED) is 0.574. The van der Waals surface area contributed by atoms with Gasteiger partial charge in [0.2, 0.25) is 10.0 Å². The lowest BCUT2D eigenvalue weighted by atomic mass is 10.0. The third-order valence-electron chi connectivity index (χ3n) is 5.62. The lowest BCUT2D eigenvalue weighted by Crippen LogP contribution is -2.50. The van der Waals surface area contributed by atoms with E-state index < -0.39 is 10.0 Å². The Morgan fingerprint density at radius 1 is 1.07 bits per heavy atom. The molecule has 0 aliphatic carbocycles. The molecule has 9 heteroatoms. The number of nitrogens with zero attached hydrogens (tertiary/aromatic N) is 6. The summed E-state index contributed by atoms with van der Waals surface area (Å²) in [4.78, 5) is 11.1. The number of hydrogen-bond acceptors (Lipinski definition) is 6. The summed E-state index contributed by atoms with van der Waals surface area (Å²) in [7, 11) is -3.19. The molecule has 1 aromatic carbocycles. The van der Waals surface area contributed by atoms with Crippen LogP contribution in [-0.4, -0.2) is 64.2 Å². The van der Waals surface area contributed by atoms with Crippen LogP contribution in [0.3, 0.4) is 0 Å². The molecule has 0 spiro atoms. The van der Waals surface area contributed by atoms with E-state index in [1.807, 2.05) is 32.0 Å². The molecule has 3 heterocycles. The van der Waals surface area contributed by atoms with Crippen molar-refractivity contribution >= 4 is 21.6 Å². The third-order valence-corrected chi connectivity index (χ3v) is 7.57. The Kier molecular flexibility index (Phi) is 6.01. The summed E-state index contributed by atoms with van der Waals surface area (Å²) in [5.41, 5.74) is 3.22. The van der Waals surface area contributed by atoms with E-state index in [0.717, 1.165) is 29.9 Å². The molecule has 0 unspecified atom stereocenters. The van der Waals surface area contributed by atoms with Crippen LogP contribution in [0.2, 0.25) is 0 Å². The van der Waals surface area contributed by atoms with E-state index in [1.54, 1.807) is 8.82 Å². The molecular formula is C21H28N6O2S. The van der Waals surface area contributed by atoms with E-state index in [4.69, 9.17) is 0 Å². The molecule has 4 rings (SSSR count). The Hall–Kier alpha value is -2.52. The van der Waals surface area contributed by atoms with E-state index in [2.05, 4.69) is 32.1 Å². The van der Waals surface area contributed by atoms with Gasteiger partial charge in [0.25, 0.3) is 5.78 Å². The van der Waals surface area contributed by atoms with Crippen LogP contribution >= 0.6 is 0 Å². The maximum Gasteiger partial charge on any atom is 0.254 e. The summed E-state index contributed by atoms with van der Waals surface area (Å²) in [6, 6.07) is 10.3. The summed E-state index contributed by atoms with van der Waals surface area (Å²) in [6.07, 6.45) is 3.83. The summed E-state index contributed by atoms with van der Waals surface area (Å²) < 4.78 is 28.6. The molecule has 0 bridgehead atoms. The number of sulfonamides is 1. The highest BCUT2D eigenvalue weighted by molar-refractivity contribution is 7.89. The van der Waals surface area contributed by atoms with Crippen LogP contribution in [0.1, 0.15) is 36.6 Å². The molecule has 0 amide bonds. The van der Waals surface area contributed by atoms with Crippen LogP contribution in [0.15, 0.2) is 36.7 Å². The van der Waals surface area contributed by atoms with E-state index in [0.29, 0.717) is 38.4 Å². The van der Waals surface area contributed by atoms with Crippen LogP contribution in [-0.2, 0) is 16.4 Å². The topological polar surface area (TPSA) is 83.7 Å². The minimum Gasteiger partial charge on any atom is -0.354 e. The number of aromatic nitrogens is 4. The minimum atomic E-state index is -3.19. The van der Waals surface area contributed by atoms with E-state index in [-0.39, 0.29) is 5.75 Å². The second kappa shape index (κ2) is 8.69. The van der Waals surface area contributed by atoms with Gasteiger partial charge in [0.05, 0.1) is 5.75 Å². The normalized spacial score (nSPS) is 15.7. The van der Waals surface area contributed by atoms with Crippen molar-refractivity contribution < 1.29 is 8.42 Å². The zero-order chi connectivity index (χ0) is 21.1. The summed E-state index contributed by atoms with van der Waals surface area (Å²) in [5, 5.41) is 4.42. The first-order valence-corrected chi connectivity index (χ1v) is 12.1. The SMILES string of the molecule is CCCCS(=O)(=O)N1CCN(c2c(Cc3ccccc3)c(C)nc3ncnn23)CC1. The van der Waals surface area contributed by atoms with Crippen molar-refractivity contribution in [2.75, 3.05) is 36.8 Å². The maximum absolute atomic E-state index is 12.6. The second-order valence-electron chi connectivity index (χ2n) is 7.69. The molecule has 1 saturated heterocycles. The maximum atomic E-state index is 12.6. The molecule has 1 fully saturated rings. The molecule has 0 atom stereocenters. The van der Waals surface area contributed by atoms with Crippen molar-refractivity contribution in [1.29, 1.82) is 0 Å². The largest absolute Gasteiger partial charge is 0.354 e. The van der Waals surface area contributed by atoms with E-state index in [9.17, 15) is 8.42 Å². The Labute approximate surface area is 177 Å². The Morgan fingerprint density at radius 2 is 1.80 bits per heavy atom. The van der Waals surface area contributed by atoms with Crippen LogP contribution in [0.25, 0.3) is 5.78 Å². The van der Waals surface area contributed by atoms with Crippen molar-refractivity contribution in [2.24, 2.45) is 0 Å². The van der Waals surface area contributed by atoms with Crippen molar-refractivity contribution in [3.8, 4) is 0 Å². The van der Waals surface area contributed by atoms with Gasteiger partial charge in [-0.3, -0.25) is 0 Å². The molecule has 1 aliphatic rings. The Balaban J connectivity index is 1.64. The van der Waals surface area contributed by atoms with Gasteiger partial charge in [-0.1, -0.05) is 43.7 Å². The summed E-state index contributed by atoms with van der Waals surface area (Å²) >= 11 is 0. The highest BCUT2D eigenvalue weighted by atomic mass is 32.2. The number of benzene rings is 1. The van der Waals surface area contributed by atoms with Gasteiger partial charge in [-0.2, -0.15) is 18.9 Å². The number of aryl methyl sites for hydroxylation is 1. The smallest absolute Gasteiger partial charge is 0.254 e. The fourth-order valence-electron chi connectivity index (χ4n) is 3.93. The first-order chi connectivity index (χ1) is 14.5. The number of unbranched alkanes of at least 4 members (excludes halogenated alkanes) is 1. The van der Waals surface area contributed by atoms with Gasteiger partial charge in [0.15, 0.2) is 0 Å². The standard InChI is InChI=1S/C21H28N6O2S/c1-3-4-14-30(28,29)26-12-10-25(11-13-26)20-19(15-18-8-6-5-7-9-18)17(2)24-21-22-16-23-27(20)21/h5-9,16H,3-4,10-15H2,1-2H3. The number of fused-ring (bicyclic) bond motifs is 1. The van der Waals surface area contributed by atoms with E-state index >= 15 is 0 Å². The van der Waals surface area contributed by atoms with Crippen molar-refractivity contribution in [3.63, 3.8) is 0 Å². The fraction of sp³-hybridized carbons (Fsp3) is 0.476. The molecule has 8 nitrogen and oxygen atoms in total. The van der Waals surface area contributed by atoms with Gasteiger partial charge < -0.3 is 4.90 Å². The van der Waals surface area contributed by atoms with Gasteiger partial charge in [-0.25, -0.2) is 13.4 Å². The Morgan fingerprint density at radius 3 is 2.50 bits per heavy atom. The van der Waals surface area contributed by atoms with Gasteiger partial charge >= 0.3 is 0 Å². The number of piperazine rings is 1. The third kappa shape index (κ3) is 4.17. The van der Waals surface area contributed by atoms with Gasteiger partial charge in [0, 0.05) is 43.9 Å². The lowest BCUT2D eigenvalue weighted by Gasteiger charge is -2.36. The van der Waals surface area contributed by atoms with Crippen molar-refractivity contribution in [3.05, 3.63) is 53.5 Å². The second-order valence-corrected chi connectivity index (χ2v) is 9.78.